The second-order valence-electron chi connectivity index (χ2n) is 8.99. The normalized spacial score (nSPS) is 39.1. The zero-order valence-corrected chi connectivity index (χ0v) is 18.5. The minimum Gasteiger partial charge on any atom is -0.0788 e. The van der Waals surface area contributed by atoms with E-state index in [0.29, 0.717) is 0 Å². The average molecular weight is 375 g/mol. The van der Waals surface area contributed by atoms with Crippen molar-refractivity contribution in [1.29, 1.82) is 0 Å². The van der Waals surface area contributed by atoms with E-state index in [1.165, 1.54) is 38.5 Å². The van der Waals surface area contributed by atoms with Crippen LogP contribution in [-0.2, 0) is 0 Å². The van der Waals surface area contributed by atoms with Gasteiger partial charge >= 0.3 is 0 Å². The van der Waals surface area contributed by atoms with Crippen LogP contribution >= 0.6 is 31.4 Å². The predicted octanol–water partition coefficient (Wildman–Crippen LogP) is 7.94. The monoisotopic (exact) mass is 374 g/mol. The van der Waals surface area contributed by atoms with Crippen LogP contribution in [0.2, 0.25) is 0 Å². The Kier molecular flexibility index (Phi) is 8.56. The van der Waals surface area contributed by atoms with Crippen LogP contribution in [0, 0.1) is 35.5 Å². The molecule has 0 spiro atoms. The van der Waals surface area contributed by atoms with Crippen LogP contribution in [0.1, 0.15) is 80.1 Å². The third kappa shape index (κ3) is 6.06. The van der Waals surface area contributed by atoms with E-state index >= 15 is 0 Å². The fraction of sp³-hybridized carbons (Fsp3) is 1.00. The standard InChI is InChI=1S/C20H38S3/c1-13(2)17-9-7-15(5)11-19(17)21-23-22-20-12-16(6)8-10-18(20)14(3)4/h13-20H,7-12H2,1-6H3. The lowest BCUT2D eigenvalue weighted by Crippen LogP contribution is -2.30. The lowest BCUT2D eigenvalue weighted by atomic mass is 9.77. The molecule has 0 N–H and O–H groups in total. The van der Waals surface area contributed by atoms with Gasteiger partial charge in [-0.05, 0) is 71.0 Å². The first-order valence-electron chi connectivity index (χ1n) is 9.87. The predicted molar refractivity (Wildman–Crippen MR) is 113 cm³/mol. The van der Waals surface area contributed by atoms with Gasteiger partial charge in [0.05, 0.1) is 0 Å². The smallest absolute Gasteiger partial charge is 0.0192 e. The highest BCUT2D eigenvalue weighted by atomic mass is 33.5. The molecule has 0 heterocycles. The molecule has 0 saturated heterocycles. The Hall–Kier alpha value is 1.05. The lowest BCUT2D eigenvalue weighted by Gasteiger charge is -2.38. The maximum absolute atomic E-state index is 2.46. The molecule has 0 nitrogen and oxygen atoms in total. The molecule has 2 rings (SSSR count). The SMILES string of the molecule is CC1CCC(C(C)C)C(SSSC2CC(C)CCC2C(C)C)C1. The lowest BCUT2D eigenvalue weighted by molar-refractivity contribution is 0.245. The molecule has 0 aromatic heterocycles. The molecule has 2 fully saturated rings. The van der Waals surface area contributed by atoms with Crippen LogP contribution in [-0.4, -0.2) is 10.5 Å². The minimum atomic E-state index is 0.851. The topological polar surface area (TPSA) is 0 Å². The van der Waals surface area contributed by atoms with Gasteiger partial charge in [-0.2, -0.15) is 0 Å². The van der Waals surface area contributed by atoms with Crippen molar-refractivity contribution in [2.45, 2.75) is 90.6 Å². The van der Waals surface area contributed by atoms with Crippen molar-refractivity contribution in [1.82, 2.24) is 0 Å². The third-order valence-electron chi connectivity index (χ3n) is 6.25. The highest BCUT2D eigenvalue weighted by Gasteiger charge is 2.34. The molecular formula is C20H38S3. The number of hydrogen-bond acceptors (Lipinski definition) is 3. The molecule has 0 bridgehead atoms. The van der Waals surface area contributed by atoms with E-state index in [0.717, 1.165) is 46.0 Å². The highest BCUT2D eigenvalue weighted by Crippen LogP contribution is 2.52. The molecule has 0 aromatic carbocycles. The molecule has 0 aromatic rings. The Morgan fingerprint density at radius 3 is 1.39 bits per heavy atom. The van der Waals surface area contributed by atoms with Crippen LogP contribution < -0.4 is 0 Å². The summed E-state index contributed by atoms with van der Waals surface area (Å²) in [6, 6.07) is 0. The van der Waals surface area contributed by atoms with E-state index in [1.54, 1.807) is 0 Å². The Labute approximate surface area is 157 Å². The summed E-state index contributed by atoms with van der Waals surface area (Å²) < 4.78 is 0. The second kappa shape index (κ2) is 9.67. The van der Waals surface area contributed by atoms with Crippen LogP contribution in [0.3, 0.4) is 0 Å². The Bertz CT molecular complexity index is 310. The van der Waals surface area contributed by atoms with Gasteiger partial charge in [0.25, 0.3) is 0 Å². The molecule has 6 unspecified atom stereocenters. The molecule has 2 aliphatic rings. The third-order valence-corrected chi connectivity index (χ3v) is 11.4. The van der Waals surface area contributed by atoms with Gasteiger partial charge in [0.2, 0.25) is 0 Å². The van der Waals surface area contributed by atoms with Gasteiger partial charge in [-0.25, -0.2) is 0 Å². The molecular weight excluding hydrogens is 336 g/mol. The summed E-state index contributed by atoms with van der Waals surface area (Å²) in [4.78, 5) is 0. The second-order valence-corrected chi connectivity index (χ2v) is 13.5. The molecule has 0 amide bonds. The van der Waals surface area contributed by atoms with Gasteiger partial charge in [0.15, 0.2) is 0 Å². The fourth-order valence-electron chi connectivity index (χ4n) is 4.57. The van der Waals surface area contributed by atoms with Crippen molar-refractivity contribution >= 4 is 31.4 Å². The van der Waals surface area contributed by atoms with Gasteiger partial charge in [0.1, 0.15) is 0 Å². The summed E-state index contributed by atoms with van der Waals surface area (Å²) in [5, 5.41) is 1.77. The van der Waals surface area contributed by atoms with Gasteiger partial charge in [-0.1, -0.05) is 76.0 Å². The molecule has 2 saturated carbocycles. The molecule has 136 valence electrons. The molecule has 2 aliphatic carbocycles. The Morgan fingerprint density at radius 1 is 0.652 bits per heavy atom. The maximum atomic E-state index is 2.46. The average Bonchev–Trinajstić information content (AvgIpc) is 2.46. The van der Waals surface area contributed by atoms with Crippen molar-refractivity contribution in [3.05, 3.63) is 0 Å². The van der Waals surface area contributed by atoms with Crippen molar-refractivity contribution in [3.8, 4) is 0 Å². The van der Waals surface area contributed by atoms with E-state index < -0.39 is 0 Å². The van der Waals surface area contributed by atoms with Gasteiger partial charge in [0, 0.05) is 10.5 Å². The van der Waals surface area contributed by atoms with E-state index in [2.05, 4.69) is 73.0 Å². The first kappa shape index (κ1) is 20.4. The largest absolute Gasteiger partial charge is 0.0788 e. The highest BCUT2D eigenvalue weighted by molar-refractivity contribution is 9.09. The first-order valence-corrected chi connectivity index (χ1v) is 13.5. The molecule has 0 radical (unpaired) electrons. The van der Waals surface area contributed by atoms with Crippen molar-refractivity contribution in [3.63, 3.8) is 0 Å². The maximum Gasteiger partial charge on any atom is 0.0192 e. The van der Waals surface area contributed by atoms with E-state index in [1.807, 2.05) is 0 Å². The number of rotatable bonds is 6. The van der Waals surface area contributed by atoms with Crippen molar-refractivity contribution in [2.24, 2.45) is 35.5 Å². The van der Waals surface area contributed by atoms with Crippen LogP contribution in [0.5, 0.6) is 0 Å². The Balaban J connectivity index is 1.83. The molecule has 3 heteroatoms. The summed E-state index contributed by atoms with van der Waals surface area (Å²) in [7, 11) is 6.60. The van der Waals surface area contributed by atoms with E-state index in [-0.39, 0.29) is 0 Å². The van der Waals surface area contributed by atoms with Gasteiger partial charge in [-0.15, -0.1) is 0 Å². The van der Waals surface area contributed by atoms with Crippen LogP contribution in [0.25, 0.3) is 0 Å². The van der Waals surface area contributed by atoms with Crippen LogP contribution in [0.4, 0.5) is 0 Å². The molecule has 0 aliphatic heterocycles. The van der Waals surface area contributed by atoms with E-state index in [9.17, 15) is 0 Å². The minimum absolute atomic E-state index is 0.851. The quantitative estimate of drug-likeness (QED) is 0.433. The summed E-state index contributed by atoms with van der Waals surface area (Å²) in [6.45, 7) is 14.7. The molecule has 23 heavy (non-hydrogen) atoms. The molecule has 6 atom stereocenters. The zero-order chi connectivity index (χ0) is 17.0. The van der Waals surface area contributed by atoms with Crippen molar-refractivity contribution in [2.75, 3.05) is 0 Å². The summed E-state index contributed by atoms with van der Waals surface area (Å²) >= 11 is 0. The van der Waals surface area contributed by atoms with E-state index in [4.69, 9.17) is 0 Å². The van der Waals surface area contributed by atoms with Crippen LogP contribution in [0.15, 0.2) is 0 Å². The summed E-state index contributed by atoms with van der Waals surface area (Å²) in [6.07, 6.45) is 8.69. The number of hydrogen-bond donors (Lipinski definition) is 0. The van der Waals surface area contributed by atoms with Gasteiger partial charge in [-0.3, -0.25) is 0 Å². The van der Waals surface area contributed by atoms with Crippen molar-refractivity contribution < 1.29 is 0 Å². The summed E-state index contributed by atoms with van der Waals surface area (Å²) in [5.74, 6) is 5.45. The Morgan fingerprint density at radius 2 is 1.04 bits per heavy atom. The van der Waals surface area contributed by atoms with Gasteiger partial charge < -0.3 is 0 Å². The first-order chi connectivity index (χ1) is 10.9. The zero-order valence-electron chi connectivity index (χ0n) is 16.1. The fourth-order valence-corrected chi connectivity index (χ4v) is 11.1. The summed E-state index contributed by atoms with van der Waals surface area (Å²) in [5.41, 5.74) is 0.